The van der Waals surface area contributed by atoms with Gasteiger partial charge in [0.25, 0.3) is 5.91 Å². The number of carbonyl (C=O) groups is 2. The number of halogens is 4. The number of hydrogen-bond donors (Lipinski definition) is 1. The van der Waals surface area contributed by atoms with Crippen LogP contribution in [0.25, 0.3) is 0 Å². The Hall–Kier alpha value is -3.61. The number of amides is 2. The topological polar surface area (TPSA) is 107 Å². The molecule has 1 aromatic carbocycles. The average molecular weight is 526 g/mol. The number of benzene rings is 1. The number of morpholine rings is 1. The Balaban J connectivity index is 1.36. The van der Waals surface area contributed by atoms with E-state index < -0.39 is 30.3 Å². The normalized spacial score (nSPS) is 20.4. The zero-order valence-electron chi connectivity index (χ0n) is 19.7. The minimum atomic E-state index is -4.81. The number of hydrogen-bond acceptors (Lipinski definition) is 7. The monoisotopic (exact) mass is 526 g/mol. The van der Waals surface area contributed by atoms with Gasteiger partial charge in [-0.3, -0.25) is 9.59 Å². The predicted molar refractivity (Wildman–Crippen MR) is 123 cm³/mol. The molecule has 2 aliphatic heterocycles. The second-order valence-electron chi connectivity index (χ2n) is 8.66. The van der Waals surface area contributed by atoms with E-state index in [2.05, 4.69) is 9.72 Å². The number of primary amides is 1. The molecule has 13 heteroatoms. The second-order valence-corrected chi connectivity index (χ2v) is 8.66. The highest BCUT2D eigenvalue weighted by Gasteiger charge is 2.34. The first-order valence-corrected chi connectivity index (χ1v) is 11.7. The van der Waals surface area contributed by atoms with Gasteiger partial charge < -0.3 is 29.7 Å². The molecule has 0 aliphatic carbocycles. The van der Waals surface area contributed by atoms with Crippen LogP contribution < -0.4 is 20.1 Å². The Kier molecular flexibility index (Phi) is 8.00. The van der Waals surface area contributed by atoms with Crippen molar-refractivity contribution in [3.05, 3.63) is 47.5 Å². The summed E-state index contributed by atoms with van der Waals surface area (Å²) in [6.45, 7) is 2.21. The number of piperidine rings is 1. The molecule has 2 atom stereocenters. The van der Waals surface area contributed by atoms with Crippen molar-refractivity contribution >= 4 is 17.6 Å². The lowest BCUT2D eigenvalue weighted by Gasteiger charge is -2.35. The SMILES string of the molecule is NC(=O)c1ccc(N2CCOCC2)nc1OC1CCN(C(=O)Cc2ccc(OC(F)(F)F)cc2)CC1F. The van der Waals surface area contributed by atoms with Crippen LogP contribution in [0.4, 0.5) is 23.4 Å². The van der Waals surface area contributed by atoms with E-state index >= 15 is 4.39 Å². The number of alkyl halides is 4. The van der Waals surface area contributed by atoms with Gasteiger partial charge in [-0.05, 0) is 29.8 Å². The Morgan fingerprint density at radius 3 is 2.41 bits per heavy atom. The fraction of sp³-hybridized carbons (Fsp3) is 0.458. The summed E-state index contributed by atoms with van der Waals surface area (Å²) >= 11 is 0. The van der Waals surface area contributed by atoms with E-state index in [0.29, 0.717) is 37.7 Å². The highest BCUT2D eigenvalue weighted by Crippen LogP contribution is 2.27. The van der Waals surface area contributed by atoms with E-state index in [1.165, 1.54) is 23.1 Å². The fourth-order valence-electron chi connectivity index (χ4n) is 4.16. The van der Waals surface area contributed by atoms with Crippen LogP contribution in [-0.2, 0) is 16.0 Å². The van der Waals surface area contributed by atoms with Crippen LogP contribution in [0, 0.1) is 0 Å². The molecular weight excluding hydrogens is 500 g/mol. The maximum absolute atomic E-state index is 15.1. The van der Waals surface area contributed by atoms with Gasteiger partial charge in [0.15, 0.2) is 6.17 Å². The van der Waals surface area contributed by atoms with E-state index in [-0.39, 0.29) is 43.3 Å². The molecule has 9 nitrogen and oxygen atoms in total. The summed E-state index contributed by atoms with van der Waals surface area (Å²) in [6.07, 6.45) is -7.28. The molecule has 2 fully saturated rings. The lowest BCUT2D eigenvalue weighted by Crippen LogP contribution is -2.49. The predicted octanol–water partition coefficient (Wildman–Crippen LogP) is 2.48. The van der Waals surface area contributed by atoms with Gasteiger partial charge in [-0.2, -0.15) is 4.98 Å². The fourth-order valence-corrected chi connectivity index (χ4v) is 4.16. The number of anilines is 1. The maximum atomic E-state index is 15.1. The van der Waals surface area contributed by atoms with Gasteiger partial charge in [0.2, 0.25) is 11.8 Å². The maximum Gasteiger partial charge on any atom is 0.573 e. The van der Waals surface area contributed by atoms with Gasteiger partial charge >= 0.3 is 6.36 Å². The molecule has 3 heterocycles. The number of aromatic nitrogens is 1. The minimum Gasteiger partial charge on any atom is -0.470 e. The van der Waals surface area contributed by atoms with E-state index in [9.17, 15) is 22.8 Å². The third kappa shape index (κ3) is 7.00. The molecule has 0 spiro atoms. The molecule has 2 aromatic rings. The van der Waals surface area contributed by atoms with Crippen molar-refractivity contribution < 1.29 is 41.4 Å². The Bertz CT molecular complexity index is 1110. The molecule has 2 saturated heterocycles. The van der Waals surface area contributed by atoms with Crippen LogP contribution in [0.2, 0.25) is 0 Å². The van der Waals surface area contributed by atoms with Crippen molar-refractivity contribution in [2.75, 3.05) is 44.3 Å². The third-order valence-corrected chi connectivity index (χ3v) is 6.06. The number of nitrogens with zero attached hydrogens (tertiary/aromatic N) is 3. The third-order valence-electron chi connectivity index (χ3n) is 6.06. The van der Waals surface area contributed by atoms with Gasteiger partial charge in [0.05, 0.1) is 26.2 Å². The molecule has 1 aromatic heterocycles. The van der Waals surface area contributed by atoms with Crippen molar-refractivity contribution in [2.24, 2.45) is 5.73 Å². The molecule has 0 radical (unpaired) electrons. The summed E-state index contributed by atoms with van der Waals surface area (Å²) in [7, 11) is 0. The zero-order valence-corrected chi connectivity index (χ0v) is 19.7. The van der Waals surface area contributed by atoms with Crippen LogP contribution in [0.1, 0.15) is 22.3 Å². The van der Waals surface area contributed by atoms with Gasteiger partial charge in [-0.15, -0.1) is 13.2 Å². The smallest absolute Gasteiger partial charge is 0.470 e. The van der Waals surface area contributed by atoms with E-state index in [1.807, 2.05) is 4.90 Å². The van der Waals surface area contributed by atoms with Crippen molar-refractivity contribution in [1.29, 1.82) is 0 Å². The number of likely N-dealkylation sites (tertiary alicyclic amines) is 1. The molecule has 2 aliphatic rings. The Morgan fingerprint density at radius 1 is 1.08 bits per heavy atom. The van der Waals surface area contributed by atoms with Gasteiger partial charge in [-0.1, -0.05) is 12.1 Å². The summed E-state index contributed by atoms with van der Waals surface area (Å²) in [5.74, 6) is -1.04. The first kappa shape index (κ1) is 26.5. The first-order valence-electron chi connectivity index (χ1n) is 11.7. The lowest BCUT2D eigenvalue weighted by atomic mass is 10.0. The minimum absolute atomic E-state index is 0.0284. The van der Waals surface area contributed by atoms with Crippen molar-refractivity contribution in [2.45, 2.75) is 31.5 Å². The largest absolute Gasteiger partial charge is 0.573 e. The van der Waals surface area contributed by atoms with Crippen molar-refractivity contribution in [3.8, 4) is 11.6 Å². The van der Waals surface area contributed by atoms with Crippen LogP contribution in [0.5, 0.6) is 11.6 Å². The average Bonchev–Trinajstić information content (AvgIpc) is 2.86. The Labute approximate surface area is 210 Å². The molecule has 2 amide bonds. The molecule has 0 saturated carbocycles. The molecule has 0 bridgehead atoms. The van der Waals surface area contributed by atoms with E-state index in [0.717, 1.165) is 12.1 Å². The summed E-state index contributed by atoms with van der Waals surface area (Å²) in [5, 5.41) is 0. The van der Waals surface area contributed by atoms with Crippen LogP contribution >= 0.6 is 0 Å². The van der Waals surface area contributed by atoms with Crippen molar-refractivity contribution in [3.63, 3.8) is 0 Å². The van der Waals surface area contributed by atoms with Crippen LogP contribution in [0.3, 0.4) is 0 Å². The first-order chi connectivity index (χ1) is 17.6. The summed E-state index contributed by atoms with van der Waals surface area (Å²) in [5.41, 5.74) is 5.94. The number of carbonyl (C=O) groups excluding carboxylic acids is 2. The number of ether oxygens (including phenoxy) is 3. The molecule has 37 heavy (non-hydrogen) atoms. The standard InChI is InChI=1S/C24H26F4N4O5/c25-18-14-32(21(33)13-15-1-3-16(4-2-15)37-24(26,27)28)8-7-19(18)36-23-17(22(29)34)5-6-20(30-23)31-9-11-35-12-10-31/h1-6,18-19H,7-14H2,(H2,29,34). The quantitative estimate of drug-likeness (QED) is 0.553. The van der Waals surface area contributed by atoms with Crippen LogP contribution in [-0.4, -0.2) is 79.7 Å². The second kappa shape index (κ2) is 11.2. The number of rotatable bonds is 7. The van der Waals surface area contributed by atoms with Gasteiger partial charge in [0.1, 0.15) is 23.2 Å². The molecule has 2 N–H and O–H groups in total. The van der Waals surface area contributed by atoms with E-state index in [4.69, 9.17) is 15.2 Å². The summed E-state index contributed by atoms with van der Waals surface area (Å²) < 4.78 is 66.9. The molecule has 2 unspecified atom stereocenters. The summed E-state index contributed by atoms with van der Waals surface area (Å²) in [4.78, 5) is 32.3. The lowest BCUT2D eigenvalue weighted by molar-refractivity contribution is -0.274. The highest BCUT2D eigenvalue weighted by molar-refractivity contribution is 5.95. The number of pyridine rings is 1. The summed E-state index contributed by atoms with van der Waals surface area (Å²) in [6, 6.07) is 8.06. The van der Waals surface area contributed by atoms with Gasteiger partial charge in [0, 0.05) is 26.1 Å². The van der Waals surface area contributed by atoms with Gasteiger partial charge in [-0.25, -0.2) is 4.39 Å². The van der Waals surface area contributed by atoms with Crippen LogP contribution in [0.15, 0.2) is 36.4 Å². The molecular formula is C24H26F4N4O5. The molecule has 200 valence electrons. The Morgan fingerprint density at radius 2 is 1.78 bits per heavy atom. The zero-order chi connectivity index (χ0) is 26.6. The molecule has 4 rings (SSSR count). The number of nitrogens with two attached hydrogens (primary N) is 1. The highest BCUT2D eigenvalue weighted by atomic mass is 19.4. The van der Waals surface area contributed by atoms with E-state index in [1.54, 1.807) is 6.07 Å². The van der Waals surface area contributed by atoms with Crippen molar-refractivity contribution in [1.82, 2.24) is 9.88 Å².